The van der Waals surface area contributed by atoms with E-state index in [9.17, 15) is 4.79 Å². The summed E-state index contributed by atoms with van der Waals surface area (Å²) >= 11 is 0. The minimum atomic E-state index is -0.0309. The number of para-hydroxylation sites is 1. The molecule has 2 N–H and O–H groups in total. The predicted molar refractivity (Wildman–Crippen MR) is 120 cm³/mol. The molecule has 4 rings (SSSR count). The lowest BCUT2D eigenvalue weighted by Gasteiger charge is -2.23. The maximum atomic E-state index is 13.1. The molecule has 0 aliphatic carbocycles. The Labute approximate surface area is 178 Å². The van der Waals surface area contributed by atoms with Crippen LogP contribution in [0.3, 0.4) is 0 Å². The molecule has 156 valence electrons. The van der Waals surface area contributed by atoms with Gasteiger partial charge in [-0.15, -0.1) is 0 Å². The molecule has 30 heavy (non-hydrogen) atoms. The fourth-order valence-electron chi connectivity index (χ4n) is 4.15. The maximum Gasteiger partial charge on any atom is 0.252 e. The van der Waals surface area contributed by atoms with Crippen molar-refractivity contribution in [3.05, 3.63) is 65.2 Å². The van der Waals surface area contributed by atoms with Gasteiger partial charge in [0.05, 0.1) is 36.5 Å². The highest BCUT2D eigenvalue weighted by molar-refractivity contribution is 6.07. The molecule has 1 aliphatic rings. The zero-order valence-electron chi connectivity index (χ0n) is 17.8. The number of rotatable bonds is 6. The Morgan fingerprint density at radius 1 is 1.10 bits per heavy atom. The molecular weight excluding hydrogens is 374 g/mol. The number of amides is 1. The molecule has 1 aromatic heterocycles. The highest BCUT2D eigenvalue weighted by Crippen LogP contribution is 2.27. The summed E-state index contributed by atoms with van der Waals surface area (Å²) in [7, 11) is 0. The topological polar surface area (TPSA) is 55.7 Å². The van der Waals surface area contributed by atoms with E-state index in [1.807, 2.05) is 30.3 Å². The largest absolute Gasteiger partial charge is 0.370 e. The first-order valence-electron chi connectivity index (χ1n) is 10.8. The molecule has 0 radical (unpaired) electrons. The van der Waals surface area contributed by atoms with E-state index in [1.54, 1.807) is 4.90 Å². The number of aryl methyl sites for hydroxylation is 2. The summed E-state index contributed by atoms with van der Waals surface area (Å²) in [6, 6.07) is 16.1. The van der Waals surface area contributed by atoms with Gasteiger partial charge in [-0.1, -0.05) is 42.0 Å². The third-order valence-electron chi connectivity index (χ3n) is 5.81. The van der Waals surface area contributed by atoms with Gasteiger partial charge < -0.3 is 15.0 Å². The number of morpholine rings is 1. The molecule has 1 amide bonds. The van der Waals surface area contributed by atoms with Crippen LogP contribution in [0.15, 0.2) is 48.5 Å². The quantitative estimate of drug-likeness (QED) is 0.621. The van der Waals surface area contributed by atoms with Crippen LogP contribution < -0.4 is 10.2 Å². The van der Waals surface area contributed by atoms with Gasteiger partial charge in [0.1, 0.15) is 13.1 Å². The van der Waals surface area contributed by atoms with E-state index >= 15 is 0 Å². The zero-order chi connectivity index (χ0) is 20.9. The summed E-state index contributed by atoms with van der Waals surface area (Å²) in [6.07, 6.45) is 0.966. The summed E-state index contributed by atoms with van der Waals surface area (Å²) in [5, 5.41) is 4.01. The first-order valence-corrected chi connectivity index (χ1v) is 10.8. The van der Waals surface area contributed by atoms with Gasteiger partial charge in [0.25, 0.3) is 5.91 Å². The van der Waals surface area contributed by atoms with Gasteiger partial charge in [-0.3, -0.25) is 4.79 Å². The summed E-state index contributed by atoms with van der Waals surface area (Å²) in [5.74, 6) is -0.0309. The van der Waals surface area contributed by atoms with Gasteiger partial charge >= 0.3 is 0 Å². The molecule has 0 atom stereocenters. The van der Waals surface area contributed by atoms with Crippen molar-refractivity contribution < 1.29 is 14.4 Å². The molecule has 5 heteroatoms. The number of pyridine rings is 1. The second kappa shape index (κ2) is 9.37. The highest BCUT2D eigenvalue weighted by atomic mass is 16.5. The van der Waals surface area contributed by atoms with Crippen molar-refractivity contribution in [2.24, 2.45) is 0 Å². The van der Waals surface area contributed by atoms with E-state index < -0.39 is 0 Å². The molecule has 0 bridgehead atoms. The van der Waals surface area contributed by atoms with E-state index in [4.69, 9.17) is 9.72 Å². The van der Waals surface area contributed by atoms with Crippen LogP contribution in [-0.2, 0) is 4.74 Å². The number of hydrogen-bond donors (Lipinski definition) is 2. The van der Waals surface area contributed by atoms with Crippen LogP contribution in [0.1, 0.15) is 27.9 Å². The Balaban J connectivity index is 1.53. The molecule has 1 saturated heterocycles. The normalized spacial score (nSPS) is 14.7. The Bertz CT molecular complexity index is 1040. The number of carbonyl (C=O) groups is 1. The molecule has 3 aromatic rings. The fourth-order valence-corrected chi connectivity index (χ4v) is 4.15. The van der Waals surface area contributed by atoms with Gasteiger partial charge in [-0.2, -0.15) is 0 Å². The van der Waals surface area contributed by atoms with Crippen LogP contribution >= 0.6 is 0 Å². The number of aromatic nitrogens is 1. The lowest BCUT2D eigenvalue weighted by molar-refractivity contribution is -0.908. The van der Waals surface area contributed by atoms with Gasteiger partial charge in [0.15, 0.2) is 0 Å². The first-order chi connectivity index (χ1) is 14.6. The third-order valence-corrected chi connectivity index (χ3v) is 5.81. The van der Waals surface area contributed by atoms with Crippen LogP contribution in [0.4, 0.5) is 0 Å². The van der Waals surface area contributed by atoms with Crippen molar-refractivity contribution in [1.82, 2.24) is 10.3 Å². The summed E-state index contributed by atoms with van der Waals surface area (Å²) in [6.45, 7) is 9.71. The molecule has 1 aliphatic heterocycles. The Hall–Kier alpha value is -2.76. The van der Waals surface area contributed by atoms with Gasteiger partial charge in [0.2, 0.25) is 0 Å². The number of nitrogens with zero attached hydrogens (tertiary/aromatic N) is 1. The molecule has 2 aromatic carbocycles. The van der Waals surface area contributed by atoms with E-state index in [-0.39, 0.29) is 5.91 Å². The van der Waals surface area contributed by atoms with Crippen molar-refractivity contribution in [2.45, 2.75) is 20.3 Å². The highest BCUT2D eigenvalue weighted by Gasteiger charge is 2.16. The van der Waals surface area contributed by atoms with Crippen LogP contribution in [0.5, 0.6) is 0 Å². The van der Waals surface area contributed by atoms with Crippen molar-refractivity contribution in [2.75, 3.05) is 39.4 Å². The van der Waals surface area contributed by atoms with Crippen LogP contribution in [-0.4, -0.2) is 50.3 Å². The Morgan fingerprint density at radius 2 is 1.90 bits per heavy atom. The molecule has 2 heterocycles. The number of benzene rings is 2. The summed E-state index contributed by atoms with van der Waals surface area (Å²) < 4.78 is 5.41. The van der Waals surface area contributed by atoms with Gasteiger partial charge in [-0.05, 0) is 31.5 Å². The smallest absolute Gasteiger partial charge is 0.252 e. The Kier molecular flexibility index (Phi) is 6.41. The van der Waals surface area contributed by atoms with E-state index in [1.165, 1.54) is 5.56 Å². The van der Waals surface area contributed by atoms with E-state index in [2.05, 4.69) is 37.4 Å². The molecule has 0 spiro atoms. The van der Waals surface area contributed by atoms with Crippen molar-refractivity contribution in [3.8, 4) is 11.3 Å². The average molecular weight is 405 g/mol. The number of fused-ring (bicyclic) bond motifs is 1. The van der Waals surface area contributed by atoms with Crippen molar-refractivity contribution in [1.29, 1.82) is 0 Å². The van der Waals surface area contributed by atoms with Crippen molar-refractivity contribution >= 4 is 16.8 Å². The second-order valence-electron chi connectivity index (χ2n) is 8.11. The van der Waals surface area contributed by atoms with Crippen LogP contribution in [0, 0.1) is 13.8 Å². The molecular formula is C25H30N3O2+. The number of hydrogen-bond acceptors (Lipinski definition) is 3. The maximum absolute atomic E-state index is 13.1. The molecule has 1 fully saturated rings. The lowest BCUT2D eigenvalue weighted by atomic mass is 9.99. The minimum Gasteiger partial charge on any atom is -0.370 e. The molecule has 0 unspecified atom stereocenters. The molecule has 0 saturated carbocycles. The van der Waals surface area contributed by atoms with Crippen molar-refractivity contribution in [3.63, 3.8) is 0 Å². The SMILES string of the molecule is Cc1ccc(-c2cc(C(=O)NCCC[NH+]3CCOCC3)c3ccccc3n2)c(C)c1. The first kappa shape index (κ1) is 20.5. The monoisotopic (exact) mass is 404 g/mol. The van der Waals surface area contributed by atoms with Crippen LogP contribution in [0.2, 0.25) is 0 Å². The standard InChI is InChI=1S/C25H29N3O2/c1-18-8-9-20(19(2)16-18)24-17-22(21-6-3-4-7-23(21)27-24)25(29)26-10-5-11-28-12-14-30-15-13-28/h3-4,6-9,16-17H,5,10-15H2,1-2H3,(H,26,29)/p+1. The Morgan fingerprint density at radius 3 is 2.70 bits per heavy atom. The zero-order valence-corrected chi connectivity index (χ0v) is 17.8. The van der Waals surface area contributed by atoms with E-state index in [0.717, 1.165) is 67.0 Å². The number of ether oxygens (including phenoxy) is 1. The average Bonchev–Trinajstić information content (AvgIpc) is 2.76. The van der Waals surface area contributed by atoms with Crippen LogP contribution in [0.25, 0.3) is 22.2 Å². The third kappa shape index (κ3) is 4.69. The summed E-state index contributed by atoms with van der Waals surface area (Å²) in [4.78, 5) is 19.5. The minimum absolute atomic E-state index is 0.0309. The lowest BCUT2D eigenvalue weighted by Crippen LogP contribution is -3.14. The van der Waals surface area contributed by atoms with Gasteiger partial charge in [0, 0.05) is 23.9 Å². The summed E-state index contributed by atoms with van der Waals surface area (Å²) in [5.41, 5.74) is 5.83. The number of nitrogens with one attached hydrogen (secondary N) is 2. The van der Waals surface area contributed by atoms with E-state index in [0.29, 0.717) is 12.1 Å². The second-order valence-corrected chi connectivity index (χ2v) is 8.11. The predicted octanol–water partition coefficient (Wildman–Crippen LogP) is 2.55. The fraction of sp³-hybridized carbons (Fsp3) is 0.360. The number of carbonyl (C=O) groups excluding carboxylic acids is 1. The number of quaternary nitrogens is 1. The van der Waals surface area contributed by atoms with Gasteiger partial charge in [-0.25, -0.2) is 4.98 Å². The molecule has 5 nitrogen and oxygen atoms in total.